The fourth-order valence-electron chi connectivity index (χ4n) is 1.63. The smallest absolute Gasteiger partial charge is 0.123 e. The number of hydrogen-bond donors (Lipinski definition) is 0. The fraction of sp³-hybridized carbons (Fsp3) is 0.231. The topological polar surface area (TPSA) is 0 Å². The molecule has 1 unspecified atom stereocenters. The summed E-state index contributed by atoms with van der Waals surface area (Å²) in [6.45, 7) is 2.06. The van der Waals surface area contributed by atoms with Gasteiger partial charge in [-0.2, -0.15) is 0 Å². The van der Waals surface area contributed by atoms with Crippen molar-refractivity contribution in [3.05, 3.63) is 55.9 Å². The van der Waals surface area contributed by atoms with Crippen molar-refractivity contribution in [2.24, 2.45) is 0 Å². The lowest BCUT2D eigenvalue weighted by Gasteiger charge is -2.08. The summed E-state index contributed by atoms with van der Waals surface area (Å²) in [4.78, 5) is 2.37. The summed E-state index contributed by atoms with van der Waals surface area (Å²) in [6, 6.07) is 8.56. The van der Waals surface area contributed by atoms with E-state index in [0.29, 0.717) is 6.42 Å². The summed E-state index contributed by atoms with van der Waals surface area (Å²) in [5.74, 6) is -0.215. The van der Waals surface area contributed by atoms with Crippen molar-refractivity contribution in [2.75, 3.05) is 0 Å². The molecule has 0 N–H and O–H groups in total. The molecule has 0 radical (unpaired) electrons. The van der Waals surface area contributed by atoms with E-state index in [9.17, 15) is 4.39 Å². The molecule has 0 nitrogen and oxygen atoms in total. The highest BCUT2D eigenvalue weighted by molar-refractivity contribution is 9.10. The molecule has 1 aromatic carbocycles. The molecule has 1 aromatic heterocycles. The number of rotatable bonds is 3. The zero-order valence-corrected chi connectivity index (χ0v) is 12.4. The number of halogens is 3. The summed E-state index contributed by atoms with van der Waals surface area (Å²) >= 11 is 11.6. The highest BCUT2D eigenvalue weighted by atomic mass is 79.9. The van der Waals surface area contributed by atoms with Crippen LogP contribution >= 0.6 is 38.9 Å². The van der Waals surface area contributed by atoms with Gasteiger partial charge in [0.15, 0.2) is 0 Å². The van der Waals surface area contributed by atoms with Crippen LogP contribution < -0.4 is 0 Å². The number of hydrogen-bond acceptors (Lipinski definition) is 1. The first kappa shape index (κ1) is 13.1. The molecule has 0 aliphatic carbocycles. The van der Waals surface area contributed by atoms with Gasteiger partial charge in [-0.3, -0.25) is 0 Å². The predicted molar refractivity (Wildman–Crippen MR) is 75.5 cm³/mol. The van der Waals surface area contributed by atoms with Crippen molar-refractivity contribution in [1.29, 1.82) is 0 Å². The number of thiophene rings is 1. The third-order valence-electron chi connectivity index (χ3n) is 2.45. The van der Waals surface area contributed by atoms with Gasteiger partial charge in [0.25, 0.3) is 0 Å². The molecule has 0 amide bonds. The minimum absolute atomic E-state index is 0.0754. The number of aryl methyl sites for hydroxylation is 1. The van der Waals surface area contributed by atoms with Gasteiger partial charge in [0.1, 0.15) is 5.82 Å². The van der Waals surface area contributed by atoms with E-state index in [1.165, 1.54) is 17.0 Å². The Morgan fingerprint density at radius 3 is 2.53 bits per heavy atom. The molecule has 1 heterocycles. The fourth-order valence-corrected chi connectivity index (χ4v) is 4.10. The molecule has 0 aliphatic rings. The van der Waals surface area contributed by atoms with Gasteiger partial charge in [0.05, 0.1) is 5.38 Å². The third kappa shape index (κ3) is 3.30. The summed E-state index contributed by atoms with van der Waals surface area (Å²) in [5, 5.41) is -0.0754. The van der Waals surface area contributed by atoms with E-state index in [2.05, 4.69) is 28.9 Å². The van der Waals surface area contributed by atoms with Crippen molar-refractivity contribution in [2.45, 2.75) is 18.7 Å². The zero-order chi connectivity index (χ0) is 12.4. The van der Waals surface area contributed by atoms with Gasteiger partial charge in [-0.25, -0.2) is 4.39 Å². The molecule has 17 heavy (non-hydrogen) atoms. The molecule has 2 aromatic rings. The molecular formula is C13H11BrClFS. The van der Waals surface area contributed by atoms with Gasteiger partial charge in [-0.1, -0.05) is 12.1 Å². The van der Waals surface area contributed by atoms with Crippen LogP contribution in [0.2, 0.25) is 0 Å². The maximum atomic E-state index is 12.8. The highest BCUT2D eigenvalue weighted by Gasteiger charge is 2.15. The van der Waals surface area contributed by atoms with E-state index < -0.39 is 0 Å². The second-order valence-corrected chi connectivity index (χ2v) is 6.54. The Hall–Kier alpha value is -0.380. The maximum Gasteiger partial charge on any atom is 0.123 e. The molecule has 0 spiro atoms. The van der Waals surface area contributed by atoms with Gasteiger partial charge >= 0.3 is 0 Å². The minimum atomic E-state index is -0.215. The standard InChI is InChI=1S/C13H11BrClFS/c1-8-6-11(14)13(17-8)12(15)7-9-2-4-10(16)5-3-9/h2-6,12H,7H2,1H3. The Morgan fingerprint density at radius 2 is 2.00 bits per heavy atom. The van der Waals surface area contributed by atoms with Crippen LogP contribution in [0.25, 0.3) is 0 Å². The van der Waals surface area contributed by atoms with E-state index in [1.807, 2.05) is 0 Å². The Balaban J connectivity index is 2.14. The van der Waals surface area contributed by atoms with Crippen molar-refractivity contribution < 1.29 is 4.39 Å². The largest absolute Gasteiger partial charge is 0.207 e. The van der Waals surface area contributed by atoms with Crippen molar-refractivity contribution in [3.63, 3.8) is 0 Å². The predicted octanol–water partition coefficient (Wildman–Crippen LogP) is 5.48. The van der Waals surface area contributed by atoms with Crippen LogP contribution in [0.5, 0.6) is 0 Å². The first-order valence-electron chi connectivity index (χ1n) is 5.20. The second kappa shape index (κ2) is 5.51. The van der Waals surface area contributed by atoms with Crippen LogP contribution in [-0.2, 0) is 6.42 Å². The van der Waals surface area contributed by atoms with Crippen LogP contribution in [0.3, 0.4) is 0 Å². The van der Waals surface area contributed by atoms with Crippen LogP contribution in [0.15, 0.2) is 34.8 Å². The Labute approximate surface area is 118 Å². The Bertz CT molecular complexity index is 507. The summed E-state index contributed by atoms with van der Waals surface area (Å²) in [5.41, 5.74) is 1.05. The minimum Gasteiger partial charge on any atom is -0.207 e. The van der Waals surface area contributed by atoms with E-state index in [4.69, 9.17) is 11.6 Å². The van der Waals surface area contributed by atoms with Gasteiger partial charge in [0, 0.05) is 14.2 Å². The molecule has 0 aliphatic heterocycles. The summed E-state index contributed by atoms with van der Waals surface area (Å²) in [6.07, 6.45) is 0.709. The lowest BCUT2D eigenvalue weighted by Crippen LogP contribution is -1.94. The van der Waals surface area contributed by atoms with Crippen LogP contribution in [0, 0.1) is 12.7 Å². The Kier molecular flexibility index (Phi) is 4.23. The molecule has 0 bridgehead atoms. The quantitative estimate of drug-likeness (QED) is 0.652. The van der Waals surface area contributed by atoms with E-state index in [0.717, 1.165) is 14.9 Å². The van der Waals surface area contributed by atoms with Gasteiger partial charge in [0.2, 0.25) is 0 Å². The molecule has 0 fully saturated rings. The molecular weight excluding hydrogens is 323 g/mol. The molecule has 2 rings (SSSR count). The number of alkyl halides is 1. The van der Waals surface area contributed by atoms with Crippen LogP contribution in [0.1, 0.15) is 20.7 Å². The average molecular weight is 334 g/mol. The number of benzene rings is 1. The van der Waals surface area contributed by atoms with Crippen molar-refractivity contribution >= 4 is 38.9 Å². The SMILES string of the molecule is Cc1cc(Br)c(C(Cl)Cc2ccc(F)cc2)s1. The summed E-state index contributed by atoms with van der Waals surface area (Å²) in [7, 11) is 0. The zero-order valence-electron chi connectivity index (χ0n) is 9.21. The van der Waals surface area contributed by atoms with Crippen molar-refractivity contribution in [1.82, 2.24) is 0 Å². The third-order valence-corrected chi connectivity index (χ3v) is 5.03. The van der Waals surface area contributed by atoms with Crippen molar-refractivity contribution in [3.8, 4) is 0 Å². The molecule has 0 saturated carbocycles. The molecule has 0 saturated heterocycles. The highest BCUT2D eigenvalue weighted by Crippen LogP contribution is 2.37. The van der Waals surface area contributed by atoms with E-state index >= 15 is 0 Å². The summed E-state index contributed by atoms with van der Waals surface area (Å²) < 4.78 is 13.8. The van der Waals surface area contributed by atoms with Crippen LogP contribution in [-0.4, -0.2) is 0 Å². The molecule has 1 atom stereocenters. The first-order valence-corrected chi connectivity index (χ1v) is 7.25. The Morgan fingerprint density at radius 1 is 1.35 bits per heavy atom. The van der Waals surface area contributed by atoms with E-state index in [1.54, 1.807) is 23.5 Å². The monoisotopic (exact) mass is 332 g/mol. The van der Waals surface area contributed by atoms with E-state index in [-0.39, 0.29) is 11.2 Å². The average Bonchev–Trinajstić information content (AvgIpc) is 2.61. The van der Waals surface area contributed by atoms with Crippen LogP contribution in [0.4, 0.5) is 4.39 Å². The molecule has 90 valence electrons. The lowest BCUT2D eigenvalue weighted by atomic mass is 10.1. The van der Waals surface area contributed by atoms with Gasteiger partial charge < -0.3 is 0 Å². The van der Waals surface area contributed by atoms with Gasteiger partial charge in [-0.15, -0.1) is 22.9 Å². The second-order valence-electron chi connectivity index (χ2n) is 3.87. The molecule has 4 heteroatoms. The first-order chi connectivity index (χ1) is 8.06. The maximum absolute atomic E-state index is 12.8. The van der Waals surface area contributed by atoms with Gasteiger partial charge in [-0.05, 0) is 53.0 Å². The lowest BCUT2D eigenvalue weighted by molar-refractivity contribution is 0.627. The normalized spacial score (nSPS) is 12.7.